The van der Waals surface area contributed by atoms with Crippen molar-refractivity contribution < 1.29 is 26.4 Å². The van der Waals surface area contributed by atoms with Gasteiger partial charge in [-0.25, -0.2) is 26.4 Å². The van der Waals surface area contributed by atoms with Crippen molar-refractivity contribution in [1.82, 2.24) is 10.0 Å². The topological polar surface area (TPSA) is 119 Å². The maximum atomic E-state index is 12.8. The molecule has 2 aromatic carbocycles. The lowest BCUT2D eigenvalue weighted by Crippen LogP contribution is -2.50. The van der Waals surface area contributed by atoms with Crippen molar-refractivity contribution >= 4 is 36.7 Å². The molecular formula is C17H20N2O6S2. The summed E-state index contributed by atoms with van der Waals surface area (Å²) in [5, 5.41) is 4.06. The van der Waals surface area contributed by atoms with Gasteiger partial charge in [0.05, 0.1) is 35.1 Å². The highest BCUT2D eigenvalue weighted by molar-refractivity contribution is 7.92. The largest absolute Gasteiger partial charge is 0.450 e. The Morgan fingerprint density at radius 3 is 2.48 bits per heavy atom. The van der Waals surface area contributed by atoms with Gasteiger partial charge in [0.25, 0.3) is 0 Å². The number of nitrogens with one attached hydrogen (secondary N) is 2. The molecule has 2 N–H and O–H groups in total. The number of amides is 1. The summed E-state index contributed by atoms with van der Waals surface area (Å²) in [4.78, 5) is 11.7. The Morgan fingerprint density at radius 2 is 1.78 bits per heavy atom. The fourth-order valence-corrected chi connectivity index (χ4v) is 6.31. The second kappa shape index (κ2) is 7.45. The van der Waals surface area contributed by atoms with E-state index in [0.717, 1.165) is 10.8 Å². The summed E-state index contributed by atoms with van der Waals surface area (Å²) in [5.74, 6) is -0.742. The molecule has 27 heavy (non-hydrogen) atoms. The Balaban J connectivity index is 1.84. The van der Waals surface area contributed by atoms with E-state index >= 15 is 0 Å². The zero-order valence-corrected chi connectivity index (χ0v) is 16.2. The van der Waals surface area contributed by atoms with E-state index in [1.54, 1.807) is 25.1 Å². The van der Waals surface area contributed by atoms with Crippen LogP contribution in [-0.2, 0) is 24.6 Å². The van der Waals surface area contributed by atoms with Crippen LogP contribution in [0.3, 0.4) is 0 Å². The van der Waals surface area contributed by atoms with Crippen LogP contribution in [0.1, 0.15) is 6.92 Å². The molecule has 0 unspecified atom stereocenters. The highest BCUT2D eigenvalue weighted by atomic mass is 32.2. The van der Waals surface area contributed by atoms with Crippen molar-refractivity contribution in [2.75, 3.05) is 18.1 Å². The van der Waals surface area contributed by atoms with Crippen molar-refractivity contribution in [3.8, 4) is 0 Å². The lowest BCUT2D eigenvalue weighted by Gasteiger charge is -2.20. The van der Waals surface area contributed by atoms with Crippen LogP contribution in [0, 0.1) is 0 Å². The molecule has 10 heteroatoms. The minimum Gasteiger partial charge on any atom is -0.450 e. The molecule has 1 heterocycles. The van der Waals surface area contributed by atoms with Crippen molar-refractivity contribution in [1.29, 1.82) is 0 Å². The van der Waals surface area contributed by atoms with Gasteiger partial charge in [0.2, 0.25) is 10.0 Å². The van der Waals surface area contributed by atoms with Gasteiger partial charge in [-0.2, -0.15) is 0 Å². The Morgan fingerprint density at radius 1 is 1.11 bits per heavy atom. The number of carbonyl (C=O) groups excluding carboxylic acids is 1. The van der Waals surface area contributed by atoms with E-state index in [9.17, 15) is 21.6 Å². The summed E-state index contributed by atoms with van der Waals surface area (Å²) >= 11 is 0. The molecule has 1 amide bonds. The summed E-state index contributed by atoms with van der Waals surface area (Å²) < 4.78 is 56.6. The average molecular weight is 412 g/mol. The molecule has 0 aliphatic carbocycles. The van der Waals surface area contributed by atoms with Gasteiger partial charge < -0.3 is 10.1 Å². The van der Waals surface area contributed by atoms with Crippen LogP contribution in [0.4, 0.5) is 4.79 Å². The number of alkyl carbamates (subject to hydrolysis) is 1. The number of hydrogen-bond donors (Lipinski definition) is 2. The van der Waals surface area contributed by atoms with Crippen molar-refractivity contribution in [3.05, 3.63) is 42.5 Å². The Hall–Kier alpha value is -2.17. The second-order valence-corrected chi connectivity index (χ2v) is 10.2. The molecule has 1 fully saturated rings. The van der Waals surface area contributed by atoms with Crippen LogP contribution < -0.4 is 10.0 Å². The molecule has 3 rings (SSSR count). The average Bonchev–Trinajstić information content (AvgIpc) is 2.87. The van der Waals surface area contributed by atoms with Crippen LogP contribution >= 0.6 is 0 Å². The molecule has 0 aromatic heterocycles. The third-order valence-electron chi connectivity index (χ3n) is 4.27. The summed E-state index contributed by atoms with van der Waals surface area (Å²) in [6.45, 7) is 1.74. The van der Waals surface area contributed by atoms with Gasteiger partial charge >= 0.3 is 6.09 Å². The number of hydrogen-bond acceptors (Lipinski definition) is 6. The van der Waals surface area contributed by atoms with E-state index in [2.05, 4.69) is 10.0 Å². The van der Waals surface area contributed by atoms with E-state index in [1.165, 1.54) is 12.1 Å². The molecule has 146 valence electrons. The first-order valence-electron chi connectivity index (χ1n) is 8.35. The van der Waals surface area contributed by atoms with Crippen molar-refractivity contribution in [2.45, 2.75) is 23.9 Å². The molecular weight excluding hydrogens is 392 g/mol. The van der Waals surface area contributed by atoms with Crippen LogP contribution in [0.2, 0.25) is 0 Å². The maximum Gasteiger partial charge on any atom is 0.407 e. The van der Waals surface area contributed by atoms with Crippen molar-refractivity contribution in [3.63, 3.8) is 0 Å². The standard InChI is InChI=1S/C17H20N2O6S2/c1-2-25-17(20)18-15-10-26(21,22)11-16(15)19-27(23,24)14-8-7-12-5-3-4-6-13(12)9-14/h3-9,15-16,19H,2,10-11H2,1H3,(H,18,20)/t15-,16+/m1/s1. The van der Waals surface area contributed by atoms with Crippen molar-refractivity contribution in [2.24, 2.45) is 0 Å². The predicted molar refractivity (Wildman–Crippen MR) is 101 cm³/mol. The van der Waals surface area contributed by atoms with Gasteiger partial charge in [-0.1, -0.05) is 30.3 Å². The van der Waals surface area contributed by atoms with Gasteiger partial charge in [-0.05, 0) is 29.8 Å². The number of fused-ring (bicyclic) bond motifs is 1. The molecule has 0 spiro atoms. The first-order chi connectivity index (χ1) is 12.7. The molecule has 8 nitrogen and oxygen atoms in total. The van der Waals surface area contributed by atoms with Gasteiger partial charge in [0, 0.05) is 0 Å². The lowest BCUT2D eigenvalue weighted by molar-refractivity contribution is 0.148. The molecule has 2 aromatic rings. The minimum atomic E-state index is -3.97. The smallest absolute Gasteiger partial charge is 0.407 e. The van der Waals surface area contributed by atoms with Gasteiger partial charge in [-0.15, -0.1) is 0 Å². The molecule has 0 bridgehead atoms. The van der Waals surface area contributed by atoms with E-state index < -0.39 is 43.8 Å². The summed E-state index contributed by atoms with van der Waals surface area (Å²) in [7, 11) is -7.46. The summed E-state index contributed by atoms with van der Waals surface area (Å²) in [6, 6.07) is 10.1. The van der Waals surface area contributed by atoms with Crippen LogP contribution in [-0.4, -0.2) is 53.1 Å². The summed E-state index contributed by atoms with van der Waals surface area (Å²) in [6.07, 6.45) is -0.783. The van der Waals surface area contributed by atoms with E-state index in [4.69, 9.17) is 4.74 Å². The molecule has 1 saturated heterocycles. The monoisotopic (exact) mass is 412 g/mol. The van der Waals surface area contributed by atoms with Crippen LogP contribution in [0.25, 0.3) is 10.8 Å². The molecule has 2 atom stereocenters. The molecule has 1 aliphatic rings. The summed E-state index contributed by atoms with van der Waals surface area (Å²) in [5.41, 5.74) is 0. The fraction of sp³-hybridized carbons (Fsp3) is 0.353. The number of rotatable bonds is 5. The number of benzene rings is 2. The zero-order chi connectivity index (χ0) is 19.7. The molecule has 1 aliphatic heterocycles. The Bertz CT molecular complexity index is 1070. The van der Waals surface area contributed by atoms with E-state index in [0.29, 0.717) is 0 Å². The predicted octanol–water partition coefficient (Wildman–Crippen LogP) is 1.03. The first kappa shape index (κ1) is 19.6. The highest BCUT2D eigenvalue weighted by Gasteiger charge is 2.41. The van der Waals surface area contributed by atoms with Gasteiger partial charge in [0.15, 0.2) is 9.84 Å². The van der Waals surface area contributed by atoms with Gasteiger partial charge in [-0.3, -0.25) is 0 Å². The third kappa shape index (κ3) is 4.57. The highest BCUT2D eigenvalue weighted by Crippen LogP contribution is 2.21. The van der Waals surface area contributed by atoms with E-state index in [-0.39, 0.29) is 17.3 Å². The number of ether oxygens (including phenoxy) is 1. The SMILES string of the molecule is CCOC(=O)N[C@@H]1CS(=O)(=O)C[C@@H]1NS(=O)(=O)c1ccc2ccccc2c1. The maximum absolute atomic E-state index is 12.8. The number of carbonyl (C=O) groups is 1. The zero-order valence-electron chi connectivity index (χ0n) is 14.6. The normalized spacial score (nSPS) is 21.8. The van der Waals surface area contributed by atoms with Crippen LogP contribution in [0.5, 0.6) is 0 Å². The first-order valence-corrected chi connectivity index (χ1v) is 11.7. The molecule has 0 radical (unpaired) electrons. The van der Waals surface area contributed by atoms with Gasteiger partial charge in [0.1, 0.15) is 0 Å². The molecule has 0 saturated carbocycles. The van der Waals surface area contributed by atoms with E-state index in [1.807, 2.05) is 12.1 Å². The quantitative estimate of drug-likeness (QED) is 0.757. The third-order valence-corrected chi connectivity index (χ3v) is 7.49. The Kier molecular flexibility index (Phi) is 5.41. The Labute approximate surface area is 157 Å². The fourth-order valence-electron chi connectivity index (χ4n) is 3.03. The number of sulfonamides is 1. The second-order valence-electron chi connectivity index (χ2n) is 6.28. The van der Waals surface area contributed by atoms with Crippen LogP contribution in [0.15, 0.2) is 47.4 Å². The minimum absolute atomic E-state index is 0.0281. The number of sulfone groups is 1. The lowest BCUT2D eigenvalue weighted by atomic mass is 10.1.